The summed E-state index contributed by atoms with van der Waals surface area (Å²) in [7, 11) is 0. The van der Waals surface area contributed by atoms with E-state index in [-0.39, 0.29) is 35.7 Å². The van der Waals surface area contributed by atoms with Gasteiger partial charge >= 0.3 is 6.18 Å². The summed E-state index contributed by atoms with van der Waals surface area (Å²) >= 11 is 0. The van der Waals surface area contributed by atoms with Crippen LogP contribution in [0.15, 0.2) is 54.7 Å². The number of halogens is 3. The number of aromatic nitrogens is 3. The van der Waals surface area contributed by atoms with Crippen LogP contribution < -0.4 is 15.5 Å². The molecule has 1 atom stereocenters. The van der Waals surface area contributed by atoms with Gasteiger partial charge in [0, 0.05) is 67.7 Å². The van der Waals surface area contributed by atoms with Gasteiger partial charge in [0.25, 0.3) is 17.7 Å². The van der Waals surface area contributed by atoms with E-state index in [1.54, 1.807) is 38.1 Å². The number of likely N-dealkylation sites (tertiary alicyclic amines) is 1. The summed E-state index contributed by atoms with van der Waals surface area (Å²) in [5.74, 6) is -2.42. The Kier molecular flexibility index (Phi) is 10.1. The molecule has 5 amide bonds. The molecule has 0 bridgehead atoms. The average Bonchev–Trinajstić information content (AvgIpc) is 3.71. The molecule has 2 aromatic carbocycles. The number of fused-ring (bicyclic) bond motifs is 2. The third-order valence-corrected chi connectivity index (χ3v) is 11.7. The fraction of sp³-hybridized carbons (Fsp3) is 0.439. The molecule has 4 aliphatic rings. The molecule has 0 aliphatic carbocycles. The maximum atomic E-state index is 13.3. The van der Waals surface area contributed by atoms with Crippen LogP contribution in [-0.4, -0.2) is 98.0 Å². The van der Waals surface area contributed by atoms with Gasteiger partial charge in [-0.15, -0.1) is 0 Å². The first-order valence-corrected chi connectivity index (χ1v) is 19.5. The summed E-state index contributed by atoms with van der Waals surface area (Å²) in [6.45, 7) is 7.42. The number of rotatable bonds is 8. The predicted octanol–water partition coefficient (Wildman–Crippen LogP) is 4.88. The van der Waals surface area contributed by atoms with Gasteiger partial charge in [-0.05, 0) is 94.3 Å². The molecule has 8 rings (SSSR count). The first-order chi connectivity index (χ1) is 27.5. The second-order valence-corrected chi connectivity index (χ2v) is 16.1. The number of carbonyl (C=O) groups excluding carboxylic acids is 5. The van der Waals surface area contributed by atoms with Crippen molar-refractivity contribution in [2.45, 2.75) is 76.2 Å². The zero-order valence-corrected chi connectivity index (χ0v) is 32.0. The number of alkyl halides is 3. The normalized spacial score (nSPS) is 20.2. The van der Waals surface area contributed by atoms with Gasteiger partial charge in [0.05, 0.1) is 28.3 Å². The molecule has 2 aromatic heterocycles. The van der Waals surface area contributed by atoms with Gasteiger partial charge in [-0.25, -0.2) is 4.98 Å². The Labute approximate surface area is 331 Å². The lowest BCUT2D eigenvalue weighted by Crippen LogP contribution is -2.54. The van der Waals surface area contributed by atoms with Gasteiger partial charge in [-0.1, -0.05) is 6.07 Å². The number of carbonyl (C=O) groups is 5. The Hall–Kier alpha value is -5.68. The van der Waals surface area contributed by atoms with Crippen molar-refractivity contribution in [2.24, 2.45) is 5.92 Å². The number of hydrogen-bond donors (Lipinski definition) is 3. The quantitative estimate of drug-likeness (QED) is 0.209. The van der Waals surface area contributed by atoms with Gasteiger partial charge < -0.3 is 20.2 Å². The predicted molar refractivity (Wildman–Crippen MR) is 205 cm³/mol. The summed E-state index contributed by atoms with van der Waals surface area (Å²) in [5, 5.41) is 21.4. The second-order valence-electron chi connectivity index (χ2n) is 16.1. The first kappa shape index (κ1) is 39.2. The second kappa shape index (κ2) is 14.9. The molecule has 0 radical (unpaired) electrons. The van der Waals surface area contributed by atoms with Crippen LogP contribution in [0.2, 0.25) is 0 Å². The van der Waals surface area contributed by atoms with Crippen LogP contribution >= 0.6 is 0 Å². The zero-order chi connectivity index (χ0) is 41.1. The van der Waals surface area contributed by atoms with Crippen LogP contribution in [0.25, 0.3) is 10.9 Å². The number of pyridine rings is 1. The summed E-state index contributed by atoms with van der Waals surface area (Å²) in [6.07, 6.45) is 1.03. The molecule has 4 aromatic rings. The van der Waals surface area contributed by atoms with E-state index in [9.17, 15) is 42.3 Å². The Morgan fingerprint density at radius 3 is 2.33 bits per heavy atom. The number of nitrogens with zero attached hydrogens (tertiary/aromatic N) is 6. The van der Waals surface area contributed by atoms with Crippen LogP contribution in [0.3, 0.4) is 0 Å². The fourth-order valence-electron chi connectivity index (χ4n) is 8.55. The Balaban J connectivity index is 0.863. The molecule has 3 fully saturated rings. The highest BCUT2D eigenvalue weighted by molar-refractivity contribution is 6.23. The van der Waals surface area contributed by atoms with E-state index in [2.05, 4.69) is 25.4 Å². The number of amides is 5. The molecule has 3 saturated heterocycles. The summed E-state index contributed by atoms with van der Waals surface area (Å²) < 4.78 is 41.7. The number of piperidine rings is 3. The minimum Gasteiger partial charge on any atom is -0.386 e. The van der Waals surface area contributed by atoms with E-state index in [0.717, 1.165) is 81.1 Å². The average molecular weight is 801 g/mol. The van der Waals surface area contributed by atoms with E-state index in [1.807, 2.05) is 16.9 Å². The van der Waals surface area contributed by atoms with E-state index in [0.29, 0.717) is 22.4 Å². The Morgan fingerprint density at radius 2 is 1.64 bits per heavy atom. The maximum Gasteiger partial charge on any atom is 0.433 e. The SMILES string of the molecule is CC(C)(O)c1cc2nn(C3CCN(CC4CCN(c5ccc6c(c5)C(=O)N(C5CCC(=O)NC5=O)C6=O)CC4)CC3)cc2cc1NC(=O)c1cccc(C(F)(F)F)n1. The van der Waals surface area contributed by atoms with E-state index < -0.39 is 58.7 Å². The minimum atomic E-state index is -4.70. The topological polar surface area (TPSA) is 170 Å². The molecule has 4 aliphatic heterocycles. The van der Waals surface area contributed by atoms with Gasteiger partial charge in [0.1, 0.15) is 17.4 Å². The van der Waals surface area contributed by atoms with E-state index in [4.69, 9.17) is 5.10 Å². The Bertz CT molecular complexity index is 2320. The number of nitrogens with one attached hydrogen (secondary N) is 2. The van der Waals surface area contributed by atoms with E-state index in [1.165, 1.54) is 6.07 Å². The molecule has 6 heterocycles. The Morgan fingerprint density at radius 1 is 0.914 bits per heavy atom. The third-order valence-electron chi connectivity index (χ3n) is 11.7. The minimum absolute atomic E-state index is 0.0684. The smallest absolute Gasteiger partial charge is 0.386 e. The molecule has 1 unspecified atom stereocenters. The molecule has 17 heteroatoms. The molecule has 0 saturated carbocycles. The van der Waals surface area contributed by atoms with Gasteiger partial charge in [-0.3, -0.25) is 38.9 Å². The number of imide groups is 2. The highest BCUT2D eigenvalue weighted by Gasteiger charge is 2.45. The van der Waals surface area contributed by atoms with Gasteiger partial charge in [-0.2, -0.15) is 18.3 Å². The summed E-state index contributed by atoms with van der Waals surface area (Å²) in [4.78, 5) is 72.7. The lowest BCUT2D eigenvalue weighted by Gasteiger charge is -2.38. The third kappa shape index (κ3) is 7.67. The highest BCUT2D eigenvalue weighted by atomic mass is 19.4. The van der Waals surface area contributed by atoms with Crippen LogP contribution in [-0.2, 0) is 21.4 Å². The fourth-order valence-corrected chi connectivity index (χ4v) is 8.55. The van der Waals surface area contributed by atoms with Gasteiger partial charge in [0.15, 0.2) is 0 Å². The molecular formula is C41H43F3N8O6. The van der Waals surface area contributed by atoms with Gasteiger partial charge in [0.2, 0.25) is 11.8 Å². The molecule has 58 heavy (non-hydrogen) atoms. The van der Waals surface area contributed by atoms with Crippen molar-refractivity contribution in [3.63, 3.8) is 0 Å². The molecule has 14 nitrogen and oxygen atoms in total. The largest absolute Gasteiger partial charge is 0.433 e. The monoisotopic (exact) mass is 800 g/mol. The van der Waals surface area contributed by atoms with Crippen LogP contribution in [0, 0.1) is 5.92 Å². The molecule has 304 valence electrons. The standard InChI is InChI=1S/C41H43F3N8O6/c1-40(2,58)29-20-31-24(18-32(29)46-36(54)30-4-3-5-34(45-30)41(42,43)44)22-51(48-31)25-12-14-49(15-13-25)21-23-10-16-50(17-11-23)26-6-7-27-28(19-26)39(57)52(38(27)56)33-8-9-35(53)47-37(33)55/h3-7,18-20,22-23,25,33,58H,8-17,21H2,1-2H3,(H,46,54)(H,47,53,55). The number of anilines is 2. The lowest BCUT2D eigenvalue weighted by molar-refractivity contribution is -0.141. The molecular weight excluding hydrogens is 757 g/mol. The van der Waals surface area contributed by atoms with Crippen LogP contribution in [0.4, 0.5) is 24.5 Å². The van der Waals surface area contributed by atoms with Crippen LogP contribution in [0.1, 0.15) is 101 Å². The number of aliphatic hydroxyl groups is 1. The van der Waals surface area contributed by atoms with Crippen molar-refractivity contribution in [1.82, 2.24) is 29.9 Å². The lowest BCUT2D eigenvalue weighted by atomic mass is 9.94. The highest BCUT2D eigenvalue weighted by Crippen LogP contribution is 2.36. The first-order valence-electron chi connectivity index (χ1n) is 19.5. The van der Waals surface area contributed by atoms with Crippen LogP contribution in [0.5, 0.6) is 0 Å². The molecule has 0 spiro atoms. The number of benzene rings is 2. The van der Waals surface area contributed by atoms with Crippen molar-refractivity contribution >= 4 is 51.8 Å². The maximum absolute atomic E-state index is 13.3. The summed E-state index contributed by atoms with van der Waals surface area (Å²) in [6, 6.07) is 10.9. The molecule has 3 N–H and O–H groups in total. The van der Waals surface area contributed by atoms with Crippen molar-refractivity contribution in [3.8, 4) is 0 Å². The van der Waals surface area contributed by atoms with Crippen molar-refractivity contribution in [3.05, 3.63) is 82.8 Å². The summed E-state index contributed by atoms with van der Waals surface area (Å²) in [5.41, 5.74) is -0.345. The van der Waals surface area contributed by atoms with Crippen molar-refractivity contribution in [2.75, 3.05) is 42.9 Å². The van der Waals surface area contributed by atoms with E-state index >= 15 is 0 Å². The number of hydrogen-bond acceptors (Lipinski definition) is 10. The van der Waals surface area contributed by atoms with Crippen molar-refractivity contribution < 1.29 is 42.3 Å². The van der Waals surface area contributed by atoms with Crippen molar-refractivity contribution in [1.29, 1.82) is 0 Å². The zero-order valence-electron chi connectivity index (χ0n) is 32.0.